The first kappa shape index (κ1) is 17.5. The highest BCUT2D eigenvalue weighted by Gasteiger charge is 2.21. The number of nitrogens with one attached hydrogen (secondary N) is 1. The molecule has 1 N–H and O–H groups in total. The highest BCUT2D eigenvalue weighted by molar-refractivity contribution is 5.42. The lowest BCUT2D eigenvalue weighted by molar-refractivity contribution is 0.249. The first-order chi connectivity index (χ1) is 13.1. The van der Waals surface area contributed by atoms with Crippen LogP contribution < -0.4 is 10.5 Å². The quantitative estimate of drug-likeness (QED) is 0.766. The molecule has 140 valence electrons. The molecule has 1 aliphatic heterocycles. The Bertz CT molecular complexity index is 984. The van der Waals surface area contributed by atoms with Crippen LogP contribution >= 0.6 is 0 Å². The van der Waals surface area contributed by atoms with Crippen LogP contribution in [0.1, 0.15) is 17.0 Å². The maximum Gasteiger partial charge on any atom is 0.290 e. The fourth-order valence-electron chi connectivity index (χ4n) is 3.65. The van der Waals surface area contributed by atoms with Crippen LogP contribution in [0.15, 0.2) is 47.5 Å². The van der Waals surface area contributed by atoms with Crippen LogP contribution in [-0.4, -0.2) is 50.8 Å². The summed E-state index contributed by atoms with van der Waals surface area (Å²) in [5, 5.41) is 4.64. The smallest absolute Gasteiger partial charge is 0.290 e. The topological polar surface area (TPSA) is 70.1 Å². The second kappa shape index (κ2) is 7.36. The van der Waals surface area contributed by atoms with Crippen molar-refractivity contribution >= 4 is 5.82 Å². The largest absolute Gasteiger partial charge is 0.349 e. The summed E-state index contributed by atoms with van der Waals surface area (Å²) in [5.41, 5.74) is 4.43. The lowest BCUT2D eigenvalue weighted by Crippen LogP contribution is -2.47. The van der Waals surface area contributed by atoms with Gasteiger partial charge in [-0.3, -0.25) is 9.69 Å². The average molecular weight is 364 g/mol. The fourth-order valence-corrected chi connectivity index (χ4v) is 3.65. The third kappa shape index (κ3) is 3.64. The van der Waals surface area contributed by atoms with Crippen molar-refractivity contribution in [2.24, 2.45) is 0 Å². The van der Waals surface area contributed by atoms with Gasteiger partial charge in [-0.1, -0.05) is 18.2 Å². The number of anilines is 1. The van der Waals surface area contributed by atoms with E-state index in [-0.39, 0.29) is 5.56 Å². The minimum Gasteiger partial charge on any atom is -0.349 e. The number of para-hydroxylation sites is 1. The molecule has 3 heterocycles. The zero-order chi connectivity index (χ0) is 18.8. The predicted octanol–water partition coefficient (Wildman–Crippen LogP) is 1.89. The number of nitrogens with zero attached hydrogens (tertiary/aromatic N) is 5. The van der Waals surface area contributed by atoms with Crippen LogP contribution in [0.3, 0.4) is 0 Å². The molecule has 1 fully saturated rings. The van der Waals surface area contributed by atoms with E-state index in [1.807, 2.05) is 11.6 Å². The molecule has 0 saturated carbocycles. The van der Waals surface area contributed by atoms with E-state index in [0.717, 1.165) is 49.8 Å². The molecule has 1 aliphatic rings. The highest BCUT2D eigenvalue weighted by atomic mass is 16.1. The summed E-state index contributed by atoms with van der Waals surface area (Å²) in [6.07, 6.45) is 3.20. The highest BCUT2D eigenvalue weighted by Crippen LogP contribution is 2.20. The Hall–Kier alpha value is -2.93. The van der Waals surface area contributed by atoms with Gasteiger partial charge < -0.3 is 9.88 Å². The number of H-pyrrole nitrogens is 1. The molecule has 3 aromatic rings. The van der Waals surface area contributed by atoms with Crippen molar-refractivity contribution in [2.75, 3.05) is 31.1 Å². The molecule has 1 saturated heterocycles. The van der Waals surface area contributed by atoms with Crippen molar-refractivity contribution in [3.05, 3.63) is 70.0 Å². The zero-order valence-corrected chi connectivity index (χ0v) is 15.7. The van der Waals surface area contributed by atoms with Gasteiger partial charge in [-0.2, -0.15) is 5.10 Å². The molecule has 4 rings (SSSR count). The Labute approximate surface area is 158 Å². The van der Waals surface area contributed by atoms with Gasteiger partial charge >= 0.3 is 0 Å². The van der Waals surface area contributed by atoms with Gasteiger partial charge in [-0.25, -0.2) is 9.67 Å². The van der Waals surface area contributed by atoms with Crippen LogP contribution in [0, 0.1) is 13.8 Å². The van der Waals surface area contributed by atoms with Crippen molar-refractivity contribution in [1.29, 1.82) is 0 Å². The molecule has 0 spiro atoms. The van der Waals surface area contributed by atoms with Crippen LogP contribution in [0.25, 0.3) is 5.69 Å². The Balaban J connectivity index is 1.48. The zero-order valence-electron chi connectivity index (χ0n) is 15.7. The molecule has 27 heavy (non-hydrogen) atoms. The Morgan fingerprint density at radius 2 is 1.89 bits per heavy atom. The van der Waals surface area contributed by atoms with E-state index >= 15 is 0 Å². The van der Waals surface area contributed by atoms with E-state index in [2.05, 4.69) is 62.1 Å². The normalized spacial score (nSPS) is 15.3. The molecule has 0 radical (unpaired) electrons. The lowest BCUT2D eigenvalue weighted by atomic mass is 10.1. The summed E-state index contributed by atoms with van der Waals surface area (Å²) >= 11 is 0. The number of aromatic nitrogens is 4. The van der Waals surface area contributed by atoms with Crippen molar-refractivity contribution in [1.82, 2.24) is 24.6 Å². The second-order valence-corrected chi connectivity index (χ2v) is 6.97. The van der Waals surface area contributed by atoms with E-state index < -0.39 is 0 Å². The molecule has 0 amide bonds. The van der Waals surface area contributed by atoms with Gasteiger partial charge in [0.2, 0.25) is 0 Å². The number of aryl methyl sites for hydroxylation is 2. The molecule has 1 aromatic carbocycles. The van der Waals surface area contributed by atoms with Crippen molar-refractivity contribution < 1.29 is 0 Å². The van der Waals surface area contributed by atoms with Crippen molar-refractivity contribution in [2.45, 2.75) is 20.4 Å². The van der Waals surface area contributed by atoms with Crippen LogP contribution in [0.4, 0.5) is 5.82 Å². The maximum absolute atomic E-state index is 11.9. The van der Waals surface area contributed by atoms with Gasteiger partial charge in [-0.05, 0) is 31.5 Å². The summed E-state index contributed by atoms with van der Waals surface area (Å²) in [5.74, 6) is 0.514. The first-order valence-corrected chi connectivity index (χ1v) is 9.24. The van der Waals surface area contributed by atoms with E-state index in [4.69, 9.17) is 0 Å². The van der Waals surface area contributed by atoms with E-state index in [1.165, 1.54) is 5.56 Å². The minimum absolute atomic E-state index is 0.124. The van der Waals surface area contributed by atoms with E-state index in [0.29, 0.717) is 5.82 Å². The molecule has 0 aliphatic carbocycles. The van der Waals surface area contributed by atoms with Crippen LogP contribution in [0.5, 0.6) is 0 Å². The monoisotopic (exact) mass is 364 g/mol. The molecule has 0 atom stereocenters. The molecular weight excluding hydrogens is 340 g/mol. The van der Waals surface area contributed by atoms with Crippen molar-refractivity contribution in [3.8, 4) is 5.69 Å². The summed E-state index contributed by atoms with van der Waals surface area (Å²) in [4.78, 5) is 23.3. The molecule has 0 bridgehead atoms. The molecule has 7 heteroatoms. The van der Waals surface area contributed by atoms with Gasteiger partial charge in [0.15, 0.2) is 5.82 Å². The standard InChI is InChI=1S/C20H24N6O/c1-15-13-16(2)26(23-15)18-6-4-3-5-17(18)14-24-9-11-25(12-10-24)19-20(27)22-8-7-21-19/h3-8,13H,9-12,14H2,1-2H3,(H,22,27). The van der Waals surface area contributed by atoms with Crippen molar-refractivity contribution in [3.63, 3.8) is 0 Å². The maximum atomic E-state index is 11.9. The van der Waals surface area contributed by atoms with Gasteiger partial charge in [0.05, 0.1) is 11.4 Å². The number of aromatic amines is 1. The molecule has 0 unspecified atom stereocenters. The van der Waals surface area contributed by atoms with Gasteiger partial charge in [0, 0.05) is 50.8 Å². The molecular formula is C20H24N6O. The Kier molecular flexibility index (Phi) is 4.77. The lowest BCUT2D eigenvalue weighted by Gasteiger charge is -2.35. The summed E-state index contributed by atoms with van der Waals surface area (Å²) in [6.45, 7) is 8.33. The minimum atomic E-state index is -0.124. The third-order valence-electron chi connectivity index (χ3n) is 4.98. The number of rotatable bonds is 4. The summed E-state index contributed by atoms with van der Waals surface area (Å²) < 4.78 is 2.02. The van der Waals surface area contributed by atoms with E-state index in [9.17, 15) is 4.79 Å². The average Bonchev–Trinajstić information content (AvgIpc) is 3.01. The number of piperazine rings is 1. The molecule has 2 aromatic heterocycles. The Morgan fingerprint density at radius 3 is 2.59 bits per heavy atom. The van der Waals surface area contributed by atoms with Crippen LogP contribution in [-0.2, 0) is 6.54 Å². The summed E-state index contributed by atoms with van der Waals surface area (Å²) in [6, 6.07) is 10.5. The third-order valence-corrected chi connectivity index (χ3v) is 4.98. The van der Waals surface area contributed by atoms with E-state index in [1.54, 1.807) is 12.4 Å². The SMILES string of the molecule is Cc1cc(C)n(-c2ccccc2CN2CCN(c3ncc[nH]c3=O)CC2)n1. The van der Waals surface area contributed by atoms with Gasteiger partial charge in [0.1, 0.15) is 0 Å². The number of hydrogen-bond donors (Lipinski definition) is 1. The van der Waals surface area contributed by atoms with Gasteiger partial charge in [-0.15, -0.1) is 0 Å². The Morgan fingerprint density at radius 1 is 1.11 bits per heavy atom. The second-order valence-electron chi connectivity index (χ2n) is 6.97. The summed E-state index contributed by atoms with van der Waals surface area (Å²) in [7, 11) is 0. The number of hydrogen-bond acceptors (Lipinski definition) is 5. The van der Waals surface area contributed by atoms with Crippen LogP contribution in [0.2, 0.25) is 0 Å². The first-order valence-electron chi connectivity index (χ1n) is 9.24. The molecule has 7 nitrogen and oxygen atoms in total. The predicted molar refractivity (Wildman–Crippen MR) is 105 cm³/mol. The van der Waals surface area contributed by atoms with Gasteiger partial charge in [0.25, 0.3) is 5.56 Å². The fraction of sp³-hybridized carbons (Fsp3) is 0.350. The number of benzene rings is 1.